The molecule has 8 heteroatoms. The molecule has 7 nitrogen and oxygen atoms in total. The third-order valence-corrected chi connectivity index (χ3v) is 8.99. The summed E-state index contributed by atoms with van der Waals surface area (Å²) in [6.45, 7) is 0.902. The average Bonchev–Trinajstić information content (AvgIpc) is 3.47. The Hall–Kier alpha value is -5.21. The number of aromatic nitrogens is 2. The molecule has 0 radical (unpaired) electrons. The molecule has 0 N–H and O–H groups in total. The monoisotopic (exact) mass is 587 g/mol. The highest BCUT2D eigenvalue weighted by molar-refractivity contribution is 7.90. The Kier molecular flexibility index (Phi) is 7.77. The van der Waals surface area contributed by atoms with Gasteiger partial charge in [-0.1, -0.05) is 109 Å². The predicted octanol–water partition coefficient (Wildman–Crippen LogP) is 6.93. The summed E-state index contributed by atoms with van der Waals surface area (Å²) < 4.78 is 35.5. The number of carbonyl (C=O) groups excluding carboxylic acids is 1. The Labute approximate surface area is 250 Å². The van der Waals surface area contributed by atoms with Gasteiger partial charge in [-0.3, -0.25) is 0 Å². The smallest absolute Gasteiger partial charge is 0.340 e. The maximum Gasteiger partial charge on any atom is 0.340 e. The normalized spacial score (nSPS) is 11.4. The first-order chi connectivity index (χ1) is 21.0. The van der Waals surface area contributed by atoms with Crippen molar-refractivity contribution in [2.45, 2.75) is 18.0 Å². The van der Waals surface area contributed by atoms with Crippen molar-refractivity contribution in [3.8, 4) is 11.3 Å². The van der Waals surface area contributed by atoms with Crippen LogP contribution in [0.5, 0.6) is 0 Å². The molecule has 0 aliphatic heterocycles. The first-order valence-electron chi connectivity index (χ1n) is 13.8. The lowest BCUT2D eigenvalue weighted by Gasteiger charge is -2.26. The van der Waals surface area contributed by atoms with Gasteiger partial charge in [0.05, 0.1) is 23.3 Å². The molecule has 6 aromatic rings. The van der Waals surface area contributed by atoms with Crippen LogP contribution in [0.1, 0.15) is 21.5 Å². The van der Waals surface area contributed by atoms with Crippen LogP contribution in [0.2, 0.25) is 0 Å². The van der Waals surface area contributed by atoms with Crippen LogP contribution >= 0.6 is 0 Å². The molecular weight excluding hydrogens is 558 g/mol. The molecule has 214 valence electrons. The van der Waals surface area contributed by atoms with Crippen LogP contribution in [0.4, 0.5) is 5.82 Å². The van der Waals surface area contributed by atoms with E-state index in [0.29, 0.717) is 41.1 Å². The van der Waals surface area contributed by atoms with Crippen molar-refractivity contribution >= 4 is 32.7 Å². The summed E-state index contributed by atoms with van der Waals surface area (Å²) in [5, 5.41) is 0.432. The van der Waals surface area contributed by atoms with Crippen LogP contribution in [0.15, 0.2) is 138 Å². The number of rotatable bonds is 9. The van der Waals surface area contributed by atoms with Gasteiger partial charge in [-0.05, 0) is 34.9 Å². The van der Waals surface area contributed by atoms with E-state index in [1.807, 2.05) is 95.9 Å². The predicted molar refractivity (Wildman–Crippen MR) is 168 cm³/mol. The van der Waals surface area contributed by atoms with Crippen LogP contribution in [0, 0.1) is 0 Å². The van der Waals surface area contributed by atoms with Crippen molar-refractivity contribution in [1.82, 2.24) is 8.96 Å². The summed E-state index contributed by atoms with van der Waals surface area (Å²) >= 11 is 0. The molecule has 0 spiro atoms. The molecule has 2 aromatic heterocycles. The lowest BCUT2D eigenvalue weighted by molar-refractivity contribution is 0.0602. The van der Waals surface area contributed by atoms with Crippen molar-refractivity contribution in [3.63, 3.8) is 0 Å². The number of fused-ring (bicyclic) bond motifs is 1. The molecular formula is C35H29N3O4S. The van der Waals surface area contributed by atoms with Gasteiger partial charge >= 0.3 is 5.97 Å². The Bertz CT molecular complexity index is 1940. The highest BCUT2D eigenvalue weighted by Crippen LogP contribution is 2.39. The molecule has 43 heavy (non-hydrogen) atoms. The number of esters is 1. The average molecular weight is 588 g/mol. The van der Waals surface area contributed by atoms with E-state index in [2.05, 4.69) is 0 Å². The molecule has 0 saturated carbocycles. The van der Waals surface area contributed by atoms with Gasteiger partial charge in [0.25, 0.3) is 10.0 Å². The largest absolute Gasteiger partial charge is 0.465 e. The highest BCUT2D eigenvalue weighted by Gasteiger charge is 2.30. The van der Waals surface area contributed by atoms with Crippen molar-refractivity contribution in [2.24, 2.45) is 0 Å². The Morgan fingerprint density at radius 2 is 1.28 bits per heavy atom. The lowest BCUT2D eigenvalue weighted by Crippen LogP contribution is -2.25. The van der Waals surface area contributed by atoms with Gasteiger partial charge in [-0.25, -0.2) is 22.2 Å². The first-order valence-corrected chi connectivity index (χ1v) is 15.2. The summed E-state index contributed by atoms with van der Waals surface area (Å²) in [6.07, 6.45) is 1.47. The summed E-state index contributed by atoms with van der Waals surface area (Å²) in [5.74, 6) is -0.173. The number of methoxy groups -OCH3 is 1. The fraction of sp³-hybridized carbons (Fsp3) is 0.0857. The Morgan fingerprint density at radius 1 is 0.767 bits per heavy atom. The van der Waals surface area contributed by atoms with E-state index in [1.165, 1.54) is 17.3 Å². The molecule has 0 bridgehead atoms. The third-order valence-electron chi connectivity index (χ3n) is 7.26. The van der Waals surface area contributed by atoms with Crippen molar-refractivity contribution in [2.75, 3.05) is 12.0 Å². The molecule has 0 aliphatic rings. The van der Waals surface area contributed by atoms with Gasteiger partial charge in [0, 0.05) is 24.7 Å². The van der Waals surface area contributed by atoms with Crippen LogP contribution < -0.4 is 4.90 Å². The zero-order chi connectivity index (χ0) is 29.8. The van der Waals surface area contributed by atoms with Gasteiger partial charge in [-0.2, -0.15) is 0 Å². The van der Waals surface area contributed by atoms with E-state index in [-0.39, 0.29) is 10.5 Å². The maximum atomic E-state index is 14.5. The van der Waals surface area contributed by atoms with E-state index in [4.69, 9.17) is 9.72 Å². The van der Waals surface area contributed by atoms with Crippen LogP contribution in [0.25, 0.3) is 22.2 Å². The van der Waals surface area contributed by atoms with Crippen molar-refractivity contribution in [3.05, 3.63) is 150 Å². The van der Waals surface area contributed by atoms with E-state index >= 15 is 0 Å². The number of pyridine rings is 1. The van der Waals surface area contributed by atoms with E-state index in [0.717, 1.165) is 11.1 Å². The number of hydrogen-bond donors (Lipinski definition) is 0. The zero-order valence-corrected chi connectivity index (χ0v) is 24.3. The summed E-state index contributed by atoms with van der Waals surface area (Å²) in [5.41, 5.74) is 3.63. The molecule has 6 rings (SSSR count). The first kappa shape index (κ1) is 27.9. The van der Waals surface area contributed by atoms with Gasteiger partial charge in [0.2, 0.25) is 0 Å². The molecule has 0 saturated heterocycles. The minimum Gasteiger partial charge on any atom is -0.465 e. The fourth-order valence-corrected chi connectivity index (χ4v) is 6.79. The van der Waals surface area contributed by atoms with Gasteiger partial charge in [0.1, 0.15) is 5.52 Å². The van der Waals surface area contributed by atoms with Gasteiger partial charge in [0.15, 0.2) is 5.82 Å². The molecule has 2 heterocycles. The number of carbonyl (C=O) groups is 1. The number of hydrogen-bond acceptors (Lipinski definition) is 6. The Balaban J connectivity index is 1.70. The second-order valence-corrected chi connectivity index (χ2v) is 11.8. The molecule has 0 amide bonds. The molecule has 0 atom stereocenters. The second kappa shape index (κ2) is 12.0. The highest BCUT2D eigenvalue weighted by atomic mass is 32.2. The SMILES string of the molecule is COC(=O)c1cnc(N(Cc2ccccc2)Cc2ccccc2)c2c1cc(-c1ccccc1)n2S(=O)(=O)c1ccccc1. The minimum absolute atomic E-state index is 0.122. The Morgan fingerprint density at radius 3 is 1.81 bits per heavy atom. The van der Waals surface area contributed by atoms with Crippen LogP contribution in [-0.4, -0.2) is 30.5 Å². The molecule has 0 fully saturated rings. The zero-order valence-electron chi connectivity index (χ0n) is 23.5. The number of ether oxygens (including phenoxy) is 1. The second-order valence-electron chi connectivity index (χ2n) is 10.1. The maximum absolute atomic E-state index is 14.5. The van der Waals surface area contributed by atoms with Gasteiger partial charge in [-0.15, -0.1) is 0 Å². The molecule has 0 unspecified atom stereocenters. The van der Waals surface area contributed by atoms with Crippen LogP contribution in [0.3, 0.4) is 0 Å². The lowest BCUT2D eigenvalue weighted by atomic mass is 10.1. The van der Waals surface area contributed by atoms with E-state index < -0.39 is 16.0 Å². The van der Waals surface area contributed by atoms with Crippen molar-refractivity contribution < 1.29 is 17.9 Å². The number of nitrogens with zero attached hydrogens (tertiary/aromatic N) is 3. The van der Waals surface area contributed by atoms with E-state index in [9.17, 15) is 13.2 Å². The minimum atomic E-state index is -4.15. The fourth-order valence-electron chi connectivity index (χ4n) is 5.24. The molecule has 4 aromatic carbocycles. The van der Waals surface area contributed by atoms with Gasteiger partial charge < -0.3 is 9.64 Å². The topological polar surface area (TPSA) is 81.5 Å². The third kappa shape index (κ3) is 5.52. The number of anilines is 1. The van der Waals surface area contributed by atoms with E-state index in [1.54, 1.807) is 36.4 Å². The summed E-state index contributed by atoms with van der Waals surface area (Å²) in [4.78, 5) is 20.0. The van der Waals surface area contributed by atoms with Crippen molar-refractivity contribution in [1.29, 1.82) is 0 Å². The summed E-state index contributed by atoms with van der Waals surface area (Å²) in [6, 6.07) is 39.2. The molecule has 0 aliphatic carbocycles. The quantitative estimate of drug-likeness (QED) is 0.171. The standard InChI is InChI=1S/C35H29N3O4S/c1-42-35(39)31-23-36-34(37(24-26-14-6-2-7-15-26)25-27-16-8-3-9-17-27)33-30(31)22-32(28-18-10-4-11-19-28)38(33)43(40,41)29-20-12-5-13-21-29/h2-23H,24-25H2,1H3. The summed E-state index contributed by atoms with van der Waals surface area (Å²) in [7, 11) is -2.85. The number of benzene rings is 4. The van der Waals surface area contributed by atoms with Crippen LogP contribution in [-0.2, 0) is 27.8 Å².